The third-order valence-corrected chi connectivity index (χ3v) is 4.13. The maximum absolute atomic E-state index is 6.26. The van der Waals surface area contributed by atoms with Crippen molar-refractivity contribution in [3.05, 3.63) is 11.7 Å². The van der Waals surface area contributed by atoms with E-state index in [1.54, 1.807) is 0 Å². The number of nitrogens with zero attached hydrogens (tertiary/aromatic N) is 2. The average molecular weight is 253 g/mol. The van der Waals surface area contributed by atoms with Crippen LogP contribution < -0.4 is 5.73 Å². The van der Waals surface area contributed by atoms with Crippen molar-refractivity contribution in [3.8, 4) is 0 Å². The van der Waals surface area contributed by atoms with Crippen LogP contribution in [0.25, 0.3) is 0 Å². The molecule has 2 N–H and O–H groups in total. The molecular weight excluding hydrogens is 226 g/mol. The summed E-state index contributed by atoms with van der Waals surface area (Å²) in [5.41, 5.74) is 6.05. The Hall–Kier alpha value is -0.900. The highest BCUT2D eigenvalue weighted by Gasteiger charge is 2.30. The highest BCUT2D eigenvalue weighted by atomic mass is 16.5. The van der Waals surface area contributed by atoms with Crippen molar-refractivity contribution in [1.82, 2.24) is 10.1 Å². The summed E-state index contributed by atoms with van der Waals surface area (Å²) in [6.45, 7) is 13.0. The summed E-state index contributed by atoms with van der Waals surface area (Å²) >= 11 is 0. The Kier molecular flexibility index (Phi) is 4.54. The molecule has 4 heteroatoms. The van der Waals surface area contributed by atoms with Gasteiger partial charge in [-0.25, -0.2) is 0 Å². The van der Waals surface area contributed by atoms with Crippen LogP contribution in [0.5, 0.6) is 0 Å². The molecule has 1 aromatic heterocycles. The quantitative estimate of drug-likeness (QED) is 0.874. The monoisotopic (exact) mass is 253 g/mol. The Bertz CT molecular complexity index is 375. The Morgan fingerprint density at radius 1 is 1.22 bits per heavy atom. The van der Waals surface area contributed by atoms with E-state index in [1.165, 1.54) is 0 Å². The fourth-order valence-electron chi connectivity index (χ4n) is 1.67. The van der Waals surface area contributed by atoms with Crippen LogP contribution in [-0.4, -0.2) is 10.1 Å². The van der Waals surface area contributed by atoms with Crippen molar-refractivity contribution in [2.75, 3.05) is 0 Å². The lowest BCUT2D eigenvalue weighted by molar-refractivity contribution is 0.235. The molecule has 4 nitrogen and oxygen atoms in total. The minimum Gasteiger partial charge on any atom is -0.339 e. The largest absolute Gasteiger partial charge is 0.339 e. The van der Waals surface area contributed by atoms with Gasteiger partial charge in [0.05, 0.1) is 5.54 Å². The second kappa shape index (κ2) is 5.39. The molecule has 0 spiro atoms. The molecule has 0 bridgehead atoms. The van der Waals surface area contributed by atoms with Crippen LogP contribution in [0.15, 0.2) is 4.52 Å². The van der Waals surface area contributed by atoms with Crippen LogP contribution in [0, 0.1) is 11.3 Å². The molecule has 0 aromatic carbocycles. The van der Waals surface area contributed by atoms with Gasteiger partial charge in [-0.05, 0) is 24.2 Å². The van der Waals surface area contributed by atoms with E-state index >= 15 is 0 Å². The molecule has 0 fully saturated rings. The highest BCUT2D eigenvalue weighted by Crippen LogP contribution is 2.29. The molecule has 1 atom stereocenters. The molecule has 0 saturated heterocycles. The molecule has 1 rings (SSSR count). The predicted octanol–water partition coefficient (Wildman–Crippen LogP) is 3.27. The Balaban J connectivity index is 2.81. The molecule has 1 unspecified atom stereocenters. The number of rotatable bonds is 5. The first-order chi connectivity index (χ1) is 8.23. The number of hydrogen-bond donors (Lipinski definition) is 1. The molecule has 0 radical (unpaired) electrons. The van der Waals surface area contributed by atoms with Crippen LogP contribution in [0.2, 0.25) is 0 Å². The molecule has 0 amide bonds. The minimum atomic E-state index is -0.452. The number of aromatic nitrogens is 2. The second-order valence-electron chi connectivity index (χ2n) is 6.35. The first-order valence-corrected chi connectivity index (χ1v) is 6.85. The van der Waals surface area contributed by atoms with Gasteiger partial charge < -0.3 is 10.3 Å². The fraction of sp³-hybridized carbons (Fsp3) is 0.857. The molecule has 1 aromatic rings. The maximum atomic E-state index is 6.26. The number of nitrogens with two attached hydrogens (primary N) is 1. The molecule has 0 aliphatic carbocycles. The van der Waals surface area contributed by atoms with Crippen LogP contribution in [0.4, 0.5) is 0 Å². The fourth-order valence-corrected chi connectivity index (χ4v) is 1.67. The van der Waals surface area contributed by atoms with Gasteiger partial charge in [-0.15, -0.1) is 0 Å². The van der Waals surface area contributed by atoms with Crippen LogP contribution in [0.3, 0.4) is 0 Å². The summed E-state index contributed by atoms with van der Waals surface area (Å²) in [6.07, 6.45) is 2.44. The first-order valence-electron chi connectivity index (χ1n) is 6.85. The Morgan fingerprint density at radius 3 is 2.22 bits per heavy atom. The van der Waals surface area contributed by atoms with Crippen molar-refractivity contribution < 1.29 is 4.52 Å². The zero-order valence-electron chi connectivity index (χ0n) is 12.6. The van der Waals surface area contributed by atoms with E-state index in [0.29, 0.717) is 17.6 Å². The van der Waals surface area contributed by atoms with Gasteiger partial charge >= 0.3 is 0 Å². The first kappa shape index (κ1) is 15.2. The second-order valence-corrected chi connectivity index (χ2v) is 6.35. The normalized spacial score (nSPS) is 14.8. The summed E-state index contributed by atoms with van der Waals surface area (Å²) < 4.78 is 5.34. The summed E-state index contributed by atoms with van der Waals surface area (Å²) in [4.78, 5) is 4.47. The summed E-state index contributed by atoms with van der Waals surface area (Å²) in [5, 5.41) is 4.05. The van der Waals surface area contributed by atoms with Gasteiger partial charge in [-0.1, -0.05) is 46.7 Å². The molecule has 0 aliphatic rings. The maximum Gasteiger partial charge on any atom is 0.227 e. The summed E-state index contributed by atoms with van der Waals surface area (Å²) in [5.74, 6) is 1.83. The lowest BCUT2D eigenvalue weighted by atomic mass is 9.80. The van der Waals surface area contributed by atoms with Crippen LogP contribution >= 0.6 is 0 Å². The van der Waals surface area contributed by atoms with Gasteiger partial charge in [0.2, 0.25) is 5.89 Å². The molecule has 1 heterocycles. The molecule has 104 valence electrons. The van der Waals surface area contributed by atoms with Crippen molar-refractivity contribution >= 4 is 0 Å². The number of hydrogen-bond acceptors (Lipinski definition) is 4. The third-order valence-electron chi connectivity index (χ3n) is 4.13. The average Bonchev–Trinajstić information content (AvgIpc) is 2.75. The highest BCUT2D eigenvalue weighted by molar-refractivity contribution is 5.03. The summed E-state index contributed by atoms with van der Waals surface area (Å²) in [7, 11) is 0. The van der Waals surface area contributed by atoms with E-state index < -0.39 is 5.54 Å². The minimum absolute atomic E-state index is 0.240. The zero-order chi connectivity index (χ0) is 14.0. The van der Waals surface area contributed by atoms with E-state index in [4.69, 9.17) is 10.3 Å². The van der Waals surface area contributed by atoms with E-state index in [-0.39, 0.29) is 5.41 Å². The van der Waals surface area contributed by atoms with E-state index in [9.17, 15) is 0 Å². The van der Waals surface area contributed by atoms with Gasteiger partial charge in [-0.3, -0.25) is 0 Å². The Labute approximate surface area is 110 Å². The SMILES string of the molecule is CCC(N)(CC)c1noc(CC(C)C(C)(C)C)n1. The van der Waals surface area contributed by atoms with Crippen molar-refractivity contribution in [2.24, 2.45) is 17.1 Å². The van der Waals surface area contributed by atoms with Gasteiger partial charge in [0.25, 0.3) is 0 Å². The van der Waals surface area contributed by atoms with Crippen LogP contribution in [0.1, 0.15) is 66.1 Å². The van der Waals surface area contributed by atoms with Gasteiger partial charge in [0, 0.05) is 6.42 Å². The molecule has 0 saturated carbocycles. The van der Waals surface area contributed by atoms with E-state index in [0.717, 1.165) is 19.3 Å². The van der Waals surface area contributed by atoms with E-state index in [1.807, 2.05) is 0 Å². The predicted molar refractivity (Wildman–Crippen MR) is 73.1 cm³/mol. The molecular formula is C14H27N3O. The van der Waals surface area contributed by atoms with Gasteiger partial charge in [0.15, 0.2) is 5.82 Å². The van der Waals surface area contributed by atoms with E-state index in [2.05, 4.69) is 51.7 Å². The lowest BCUT2D eigenvalue weighted by Gasteiger charge is -2.25. The third kappa shape index (κ3) is 3.31. The zero-order valence-corrected chi connectivity index (χ0v) is 12.6. The van der Waals surface area contributed by atoms with Crippen molar-refractivity contribution in [1.29, 1.82) is 0 Å². The topological polar surface area (TPSA) is 64.9 Å². The Morgan fingerprint density at radius 2 is 1.78 bits per heavy atom. The standard InChI is InChI=1S/C14H27N3O/c1-7-14(15,8-2)12-16-11(18-17-12)9-10(3)13(4,5)6/h10H,7-9,15H2,1-6H3. The van der Waals surface area contributed by atoms with Gasteiger partial charge in [-0.2, -0.15) is 4.98 Å². The lowest BCUT2D eigenvalue weighted by Crippen LogP contribution is -2.36. The molecule has 18 heavy (non-hydrogen) atoms. The summed E-state index contributed by atoms with van der Waals surface area (Å²) in [6, 6.07) is 0. The van der Waals surface area contributed by atoms with Crippen LogP contribution in [-0.2, 0) is 12.0 Å². The van der Waals surface area contributed by atoms with Crippen molar-refractivity contribution in [3.63, 3.8) is 0 Å². The smallest absolute Gasteiger partial charge is 0.227 e. The van der Waals surface area contributed by atoms with Crippen molar-refractivity contribution in [2.45, 2.75) is 66.3 Å². The molecule has 0 aliphatic heterocycles. The van der Waals surface area contributed by atoms with Gasteiger partial charge in [0.1, 0.15) is 0 Å².